The van der Waals surface area contributed by atoms with Crippen molar-refractivity contribution in [2.24, 2.45) is 11.7 Å². The molecule has 1 fully saturated rings. The summed E-state index contributed by atoms with van der Waals surface area (Å²) in [5, 5.41) is -0.454. The summed E-state index contributed by atoms with van der Waals surface area (Å²) < 4.78 is 10.1. The Hall–Kier alpha value is -0.750. The minimum absolute atomic E-state index is 0.0309. The molecule has 0 heterocycles. The van der Waals surface area contributed by atoms with Gasteiger partial charge in [-0.1, -0.05) is 19.3 Å². The first-order valence-electron chi connectivity index (χ1n) is 6.37. The van der Waals surface area contributed by atoms with Crippen molar-refractivity contribution in [1.82, 2.24) is 0 Å². The van der Waals surface area contributed by atoms with Crippen molar-refractivity contribution >= 4 is 23.0 Å². The summed E-state index contributed by atoms with van der Waals surface area (Å²) >= 11 is 0.990. The zero-order chi connectivity index (χ0) is 13.4. The maximum atomic E-state index is 11.8. The molecule has 0 spiro atoms. The van der Waals surface area contributed by atoms with Gasteiger partial charge in [-0.05, 0) is 24.6 Å². The second-order valence-corrected chi connectivity index (χ2v) is 5.37. The van der Waals surface area contributed by atoms with E-state index in [-0.39, 0.29) is 11.9 Å². The van der Waals surface area contributed by atoms with Crippen LogP contribution < -0.4 is 5.73 Å². The van der Waals surface area contributed by atoms with Gasteiger partial charge < -0.3 is 15.2 Å². The predicted octanol–water partition coefficient (Wildman–Crippen LogP) is 2.28. The van der Waals surface area contributed by atoms with E-state index >= 15 is 0 Å². The van der Waals surface area contributed by atoms with Crippen LogP contribution in [0.1, 0.15) is 39.0 Å². The molecule has 0 aromatic rings. The van der Waals surface area contributed by atoms with Crippen LogP contribution in [0.5, 0.6) is 0 Å². The summed E-state index contributed by atoms with van der Waals surface area (Å²) in [5.41, 5.74) is 5.27. The molecular formula is C12H21NO4S. The van der Waals surface area contributed by atoms with Crippen LogP contribution in [0.15, 0.2) is 0 Å². The van der Waals surface area contributed by atoms with Gasteiger partial charge in [0.25, 0.3) is 0 Å². The maximum Gasteiger partial charge on any atom is 0.370 e. The molecule has 1 rings (SSSR count). The number of carbonyl (C=O) groups is 2. The van der Waals surface area contributed by atoms with Gasteiger partial charge in [0.05, 0.1) is 5.92 Å². The molecule has 1 atom stereocenters. The quantitative estimate of drug-likeness (QED) is 0.612. The molecule has 2 N–H and O–H groups in total. The number of thioether (sulfide) groups is 1. The van der Waals surface area contributed by atoms with Crippen molar-refractivity contribution in [2.75, 3.05) is 12.3 Å². The van der Waals surface area contributed by atoms with Crippen LogP contribution in [0.2, 0.25) is 0 Å². The molecule has 6 heteroatoms. The third-order valence-corrected chi connectivity index (χ3v) is 3.59. The fourth-order valence-corrected chi connectivity index (χ4v) is 2.42. The summed E-state index contributed by atoms with van der Waals surface area (Å²) in [7, 11) is 0. The fourth-order valence-electron chi connectivity index (χ4n) is 1.93. The zero-order valence-electron chi connectivity index (χ0n) is 10.7. The van der Waals surface area contributed by atoms with Crippen LogP contribution in [-0.2, 0) is 14.3 Å². The first-order chi connectivity index (χ1) is 8.63. The van der Waals surface area contributed by atoms with E-state index in [0.29, 0.717) is 12.3 Å². The fraction of sp³-hybridized carbons (Fsp3) is 0.833. The lowest BCUT2D eigenvalue weighted by Crippen LogP contribution is -2.26. The molecule has 0 aromatic carbocycles. The Bertz CT molecular complexity index is 279. The van der Waals surface area contributed by atoms with Crippen LogP contribution in [0.4, 0.5) is 4.79 Å². The Labute approximate surface area is 112 Å². The van der Waals surface area contributed by atoms with Gasteiger partial charge in [0, 0.05) is 19.2 Å². The molecule has 0 aromatic heterocycles. The number of ether oxygens (including phenoxy) is 2. The first-order valence-corrected chi connectivity index (χ1v) is 7.36. The minimum Gasteiger partial charge on any atom is -0.425 e. The van der Waals surface area contributed by atoms with E-state index in [1.165, 1.54) is 6.42 Å². The van der Waals surface area contributed by atoms with E-state index in [2.05, 4.69) is 0 Å². The van der Waals surface area contributed by atoms with Crippen LogP contribution in [0.3, 0.4) is 0 Å². The van der Waals surface area contributed by atoms with Crippen LogP contribution in [0, 0.1) is 5.92 Å². The Kier molecular flexibility index (Phi) is 7.12. The molecule has 0 amide bonds. The predicted molar refractivity (Wildman–Crippen MR) is 70.1 cm³/mol. The Morgan fingerprint density at radius 2 is 1.94 bits per heavy atom. The highest BCUT2D eigenvalue weighted by atomic mass is 32.2. The SMILES string of the molecule is C[C@@H](OC(=O)SCCN)OC(=O)C1CCCCC1. The summed E-state index contributed by atoms with van der Waals surface area (Å²) in [5.74, 6) is 0.220. The third-order valence-electron chi connectivity index (χ3n) is 2.82. The van der Waals surface area contributed by atoms with Crippen LogP contribution >= 0.6 is 11.8 Å². The third kappa shape index (κ3) is 5.73. The monoisotopic (exact) mass is 275 g/mol. The lowest BCUT2D eigenvalue weighted by Gasteiger charge is -2.22. The highest BCUT2D eigenvalue weighted by Crippen LogP contribution is 2.25. The van der Waals surface area contributed by atoms with Gasteiger partial charge >= 0.3 is 11.3 Å². The average molecular weight is 275 g/mol. The number of rotatable bonds is 5. The summed E-state index contributed by atoms with van der Waals surface area (Å²) in [4.78, 5) is 23.0. The molecule has 104 valence electrons. The molecule has 0 saturated heterocycles. The van der Waals surface area contributed by atoms with Gasteiger partial charge in [-0.3, -0.25) is 4.79 Å². The second-order valence-electron chi connectivity index (χ2n) is 4.34. The normalized spacial score (nSPS) is 18.1. The molecule has 0 unspecified atom stereocenters. The van der Waals surface area contributed by atoms with Crippen molar-refractivity contribution in [3.8, 4) is 0 Å². The van der Waals surface area contributed by atoms with Gasteiger partial charge in [-0.2, -0.15) is 0 Å². The maximum absolute atomic E-state index is 11.8. The molecule has 18 heavy (non-hydrogen) atoms. The topological polar surface area (TPSA) is 78.6 Å². The molecular weight excluding hydrogens is 254 g/mol. The molecule has 0 aliphatic heterocycles. The minimum atomic E-state index is -0.822. The summed E-state index contributed by atoms with van der Waals surface area (Å²) in [6.07, 6.45) is 4.25. The van der Waals surface area contributed by atoms with Gasteiger partial charge in [0.1, 0.15) is 0 Å². The summed E-state index contributed by atoms with van der Waals surface area (Å²) in [6.45, 7) is 1.97. The Balaban J connectivity index is 2.23. The van der Waals surface area contributed by atoms with Crippen molar-refractivity contribution in [2.45, 2.75) is 45.3 Å². The number of hydrogen-bond donors (Lipinski definition) is 1. The summed E-state index contributed by atoms with van der Waals surface area (Å²) in [6, 6.07) is 0. The van der Waals surface area contributed by atoms with Crippen molar-refractivity contribution in [3.05, 3.63) is 0 Å². The van der Waals surface area contributed by atoms with E-state index in [9.17, 15) is 9.59 Å². The first kappa shape index (κ1) is 15.3. The van der Waals surface area contributed by atoms with Gasteiger partial charge in [0.15, 0.2) is 0 Å². The Morgan fingerprint density at radius 3 is 2.56 bits per heavy atom. The molecule has 5 nitrogen and oxygen atoms in total. The van der Waals surface area contributed by atoms with Gasteiger partial charge in [0.2, 0.25) is 6.29 Å². The van der Waals surface area contributed by atoms with E-state index < -0.39 is 11.6 Å². The van der Waals surface area contributed by atoms with Crippen LogP contribution in [0.25, 0.3) is 0 Å². The lowest BCUT2D eigenvalue weighted by molar-refractivity contribution is -0.169. The molecule has 1 saturated carbocycles. The number of nitrogens with two attached hydrogens (primary N) is 1. The molecule has 1 aliphatic carbocycles. The number of carbonyl (C=O) groups excluding carboxylic acids is 2. The number of hydrogen-bond acceptors (Lipinski definition) is 6. The van der Waals surface area contributed by atoms with E-state index in [1.54, 1.807) is 6.92 Å². The van der Waals surface area contributed by atoms with Gasteiger partial charge in [-0.25, -0.2) is 4.79 Å². The van der Waals surface area contributed by atoms with E-state index in [0.717, 1.165) is 37.4 Å². The second kappa shape index (κ2) is 8.37. The smallest absolute Gasteiger partial charge is 0.370 e. The van der Waals surface area contributed by atoms with E-state index in [4.69, 9.17) is 15.2 Å². The highest BCUT2D eigenvalue weighted by molar-refractivity contribution is 8.13. The van der Waals surface area contributed by atoms with Crippen molar-refractivity contribution < 1.29 is 19.1 Å². The van der Waals surface area contributed by atoms with Gasteiger partial charge in [-0.15, -0.1) is 0 Å². The number of esters is 1. The zero-order valence-corrected chi connectivity index (χ0v) is 11.5. The Morgan fingerprint density at radius 1 is 1.28 bits per heavy atom. The molecule has 0 radical (unpaired) electrons. The highest BCUT2D eigenvalue weighted by Gasteiger charge is 2.25. The largest absolute Gasteiger partial charge is 0.425 e. The van der Waals surface area contributed by atoms with Crippen molar-refractivity contribution in [1.29, 1.82) is 0 Å². The molecule has 0 bridgehead atoms. The average Bonchev–Trinajstić information content (AvgIpc) is 2.37. The standard InChI is InChI=1S/C12H21NO4S/c1-9(17-12(15)18-8-7-13)16-11(14)10-5-3-2-4-6-10/h9-10H,2-8,13H2,1H3/t9-/m1/s1. The van der Waals surface area contributed by atoms with Crippen LogP contribution in [-0.4, -0.2) is 29.9 Å². The molecule has 1 aliphatic rings. The van der Waals surface area contributed by atoms with Crippen molar-refractivity contribution in [3.63, 3.8) is 0 Å². The van der Waals surface area contributed by atoms with E-state index in [1.807, 2.05) is 0 Å². The lowest BCUT2D eigenvalue weighted by atomic mass is 9.89.